The number of carbonyl (C=O) groups is 4. The van der Waals surface area contributed by atoms with Crippen molar-refractivity contribution in [1.82, 2.24) is 5.32 Å². The first kappa shape index (κ1) is 31.5. The van der Waals surface area contributed by atoms with Gasteiger partial charge in [0.1, 0.15) is 0 Å². The molecule has 3 rings (SSSR count). The summed E-state index contributed by atoms with van der Waals surface area (Å²) in [7, 11) is 4.27. The van der Waals surface area contributed by atoms with Crippen molar-refractivity contribution in [2.75, 3.05) is 37.3 Å². The normalized spacial score (nSPS) is 11.8. The van der Waals surface area contributed by atoms with Crippen LogP contribution in [0.4, 0.5) is 21.9 Å². The molecule has 0 aliphatic rings. The highest BCUT2D eigenvalue weighted by Gasteiger charge is 2.24. The Morgan fingerprint density at radius 2 is 1.40 bits per heavy atom. The van der Waals surface area contributed by atoms with Crippen molar-refractivity contribution in [2.24, 2.45) is 5.92 Å². The molecule has 11 heteroatoms. The molecule has 0 radical (unpaired) electrons. The van der Waals surface area contributed by atoms with Crippen molar-refractivity contribution in [2.45, 2.75) is 32.7 Å². The average Bonchev–Trinajstić information content (AvgIpc) is 2.98. The smallest absolute Gasteiger partial charge is 0.323 e. The second-order valence-electron chi connectivity index (χ2n) is 9.58. The molecule has 0 aliphatic carbocycles. The van der Waals surface area contributed by atoms with Crippen molar-refractivity contribution in [3.8, 4) is 11.5 Å². The summed E-state index contributed by atoms with van der Waals surface area (Å²) in [5.41, 5.74) is 3.31. The molecule has 3 aromatic rings. The number of aryl methyl sites for hydroxylation is 1. The van der Waals surface area contributed by atoms with E-state index in [4.69, 9.17) is 14.2 Å². The van der Waals surface area contributed by atoms with Gasteiger partial charge in [-0.1, -0.05) is 31.2 Å². The molecule has 0 aliphatic heterocycles. The Morgan fingerprint density at radius 1 is 0.762 bits per heavy atom. The van der Waals surface area contributed by atoms with Gasteiger partial charge in [0.2, 0.25) is 11.8 Å². The van der Waals surface area contributed by atoms with E-state index in [1.54, 1.807) is 49.4 Å². The summed E-state index contributed by atoms with van der Waals surface area (Å²) >= 11 is 0. The molecule has 0 aromatic heterocycles. The molecular formula is C31H36N4O7. The van der Waals surface area contributed by atoms with Crippen LogP contribution in [0.25, 0.3) is 0 Å². The third kappa shape index (κ3) is 8.98. The number of para-hydroxylation sites is 1. The molecule has 4 N–H and O–H groups in total. The second kappa shape index (κ2) is 15.1. The van der Waals surface area contributed by atoms with E-state index < -0.39 is 23.8 Å². The van der Waals surface area contributed by atoms with E-state index in [1.807, 2.05) is 31.2 Å². The topological polar surface area (TPSA) is 144 Å². The number of hydrogen-bond donors (Lipinski definition) is 4. The molecule has 0 fully saturated rings. The molecule has 0 bridgehead atoms. The minimum Gasteiger partial charge on any atom is -0.493 e. The monoisotopic (exact) mass is 576 g/mol. The molecule has 11 nitrogen and oxygen atoms in total. The molecule has 222 valence electrons. The first-order valence-corrected chi connectivity index (χ1v) is 13.3. The lowest BCUT2D eigenvalue weighted by atomic mass is 10.0. The SMILES string of the molecule is COC(=O)CC(NC(=O)C(C)CC(=O)Nc1ccc(NC(=O)Nc2ccccc2C)cc1)c1ccc(OC)c(OC)c1. The molecule has 42 heavy (non-hydrogen) atoms. The lowest BCUT2D eigenvalue weighted by Crippen LogP contribution is -2.35. The minimum absolute atomic E-state index is 0.0957. The van der Waals surface area contributed by atoms with E-state index in [-0.39, 0.29) is 24.8 Å². The van der Waals surface area contributed by atoms with E-state index in [0.717, 1.165) is 5.56 Å². The van der Waals surface area contributed by atoms with Gasteiger partial charge in [0.05, 0.1) is 33.8 Å². The van der Waals surface area contributed by atoms with Gasteiger partial charge in [0, 0.05) is 29.4 Å². The van der Waals surface area contributed by atoms with Gasteiger partial charge in [-0.25, -0.2) is 4.79 Å². The van der Waals surface area contributed by atoms with Gasteiger partial charge in [0.15, 0.2) is 11.5 Å². The second-order valence-corrected chi connectivity index (χ2v) is 9.58. The van der Waals surface area contributed by atoms with E-state index >= 15 is 0 Å². The fraction of sp³-hybridized carbons (Fsp3) is 0.290. The lowest BCUT2D eigenvalue weighted by molar-refractivity contribution is -0.141. The van der Waals surface area contributed by atoms with Gasteiger partial charge in [-0.2, -0.15) is 0 Å². The van der Waals surface area contributed by atoms with E-state index in [2.05, 4.69) is 21.3 Å². The molecular weight excluding hydrogens is 540 g/mol. The van der Waals surface area contributed by atoms with Crippen LogP contribution in [0.1, 0.15) is 36.9 Å². The summed E-state index contributed by atoms with van der Waals surface area (Å²) in [4.78, 5) is 50.1. The number of methoxy groups -OCH3 is 3. The number of esters is 1. The minimum atomic E-state index is -0.710. The Morgan fingerprint density at radius 3 is 2.02 bits per heavy atom. The van der Waals surface area contributed by atoms with Crippen LogP contribution in [-0.4, -0.2) is 45.1 Å². The van der Waals surface area contributed by atoms with E-state index in [0.29, 0.717) is 34.1 Å². The standard InChI is InChI=1S/C31H36N4O7/c1-19-8-6-7-9-24(19)35-31(39)33-23-13-11-22(12-14-23)32-28(36)16-20(2)30(38)34-25(18-29(37)42-5)21-10-15-26(40-3)27(17-21)41-4/h6-15,17,20,25H,16,18H2,1-5H3,(H,32,36)(H,34,38)(H2,33,35,39). The highest BCUT2D eigenvalue weighted by Crippen LogP contribution is 2.31. The first-order valence-electron chi connectivity index (χ1n) is 13.3. The number of urea groups is 1. The molecule has 0 heterocycles. The summed E-state index contributed by atoms with van der Waals surface area (Å²) in [6, 6.07) is 18.0. The number of anilines is 3. The molecule has 3 aromatic carbocycles. The van der Waals surface area contributed by atoms with Crippen LogP contribution >= 0.6 is 0 Å². The van der Waals surface area contributed by atoms with Gasteiger partial charge >= 0.3 is 12.0 Å². The Hall–Kier alpha value is -5.06. The molecule has 4 amide bonds. The zero-order valence-corrected chi connectivity index (χ0v) is 24.3. The number of nitrogens with one attached hydrogen (secondary N) is 4. The first-order chi connectivity index (χ1) is 20.1. The summed E-state index contributed by atoms with van der Waals surface area (Å²) in [5.74, 6) is -1.04. The number of amides is 4. The van der Waals surface area contributed by atoms with Gasteiger partial charge in [0.25, 0.3) is 0 Å². The predicted octanol–water partition coefficient (Wildman–Crippen LogP) is 5.04. The van der Waals surface area contributed by atoms with E-state index in [1.165, 1.54) is 21.3 Å². The van der Waals surface area contributed by atoms with Gasteiger partial charge in [-0.05, 0) is 60.5 Å². The number of rotatable bonds is 12. The third-order valence-electron chi connectivity index (χ3n) is 6.48. The Bertz CT molecular complexity index is 1410. The fourth-order valence-corrected chi connectivity index (χ4v) is 4.10. The maximum atomic E-state index is 13.0. The number of hydrogen-bond acceptors (Lipinski definition) is 7. The lowest BCUT2D eigenvalue weighted by Gasteiger charge is -2.22. The molecule has 2 atom stereocenters. The molecule has 0 saturated heterocycles. The average molecular weight is 577 g/mol. The summed E-state index contributed by atoms with van der Waals surface area (Å²) in [6.07, 6.45) is -0.207. The van der Waals surface area contributed by atoms with Crippen molar-refractivity contribution in [3.63, 3.8) is 0 Å². The number of carbonyl (C=O) groups excluding carboxylic acids is 4. The summed E-state index contributed by atoms with van der Waals surface area (Å²) < 4.78 is 15.4. The molecule has 2 unspecified atom stereocenters. The fourth-order valence-electron chi connectivity index (χ4n) is 4.10. The zero-order chi connectivity index (χ0) is 30.6. The molecule has 0 spiro atoms. The number of ether oxygens (including phenoxy) is 3. The Kier molecular flexibility index (Phi) is 11.3. The van der Waals surface area contributed by atoms with Crippen LogP contribution in [-0.2, 0) is 19.1 Å². The Labute approximate surface area is 244 Å². The van der Waals surface area contributed by atoms with Crippen LogP contribution in [0.15, 0.2) is 66.7 Å². The highest BCUT2D eigenvalue weighted by molar-refractivity contribution is 6.00. The summed E-state index contributed by atoms with van der Waals surface area (Å²) in [5, 5.41) is 11.1. The predicted molar refractivity (Wildman–Crippen MR) is 160 cm³/mol. The highest BCUT2D eigenvalue weighted by atomic mass is 16.5. The maximum Gasteiger partial charge on any atom is 0.323 e. The van der Waals surface area contributed by atoms with Crippen LogP contribution in [0, 0.1) is 12.8 Å². The largest absolute Gasteiger partial charge is 0.493 e. The zero-order valence-electron chi connectivity index (χ0n) is 24.3. The van der Waals surface area contributed by atoms with Gasteiger partial charge in [-0.15, -0.1) is 0 Å². The number of benzene rings is 3. The van der Waals surface area contributed by atoms with Crippen LogP contribution in [0.3, 0.4) is 0 Å². The van der Waals surface area contributed by atoms with Crippen molar-refractivity contribution in [1.29, 1.82) is 0 Å². The van der Waals surface area contributed by atoms with Crippen molar-refractivity contribution in [3.05, 3.63) is 77.9 Å². The quantitative estimate of drug-likeness (QED) is 0.221. The van der Waals surface area contributed by atoms with Crippen LogP contribution in [0.5, 0.6) is 11.5 Å². The summed E-state index contributed by atoms with van der Waals surface area (Å²) in [6.45, 7) is 3.52. The third-order valence-corrected chi connectivity index (χ3v) is 6.48. The Balaban J connectivity index is 1.56. The molecule has 0 saturated carbocycles. The van der Waals surface area contributed by atoms with Gasteiger partial charge in [-0.3, -0.25) is 14.4 Å². The van der Waals surface area contributed by atoms with Crippen LogP contribution in [0.2, 0.25) is 0 Å². The van der Waals surface area contributed by atoms with Crippen LogP contribution < -0.4 is 30.7 Å². The van der Waals surface area contributed by atoms with Crippen molar-refractivity contribution >= 4 is 40.9 Å². The van der Waals surface area contributed by atoms with E-state index in [9.17, 15) is 19.2 Å². The van der Waals surface area contributed by atoms with Gasteiger partial charge < -0.3 is 35.5 Å². The maximum absolute atomic E-state index is 13.0. The van der Waals surface area contributed by atoms with Crippen molar-refractivity contribution < 1.29 is 33.4 Å².